The van der Waals surface area contributed by atoms with E-state index in [4.69, 9.17) is 5.73 Å². The van der Waals surface area contributed by atoms with Crippen LogP contribution in [0.5, 0.6) is 0 Å². The Bertz CT molecular complexity index is 1250. The smallest absolute Gasteiger partial charge is 0.259 e. The Hall–Kier alpha value is -4.00. The molecule has 5 rings (SSSR count). The Morgan fingerprint density at radius 2 is 1.86 bits per heavy atom. The van der Waals surface area contributed by atoms with Crippen LogP contribution in [0, 0.1) is 0 Å². The van der Waals surface area contributed by atoms with Gasteiger partial charge in [0.05, 0.1) is 11.0 Å². The Balaban J connectivity index is 1.55. The van der Waals surface area contributed by atoms with Crippen LogP contribution in [0.4, 0.5) is 5.69 Å². The monoisotopic (exact) mass is 383 g/mol. The minimum Gasteiger partial charge on any atom is -0.368 e. The molecule has 7 heteroatoms. The number of aromatic nitrogens is 3. The predicted octanol–water partition coefficient (Wildman–Crippen LogP) is 2.68. The Morgan fingerprint density at radius 1 is 1.07 bits per heavy atom. The summed E-state index contributed by atoms with van der Waals surface area (Å²) in [6, 6.07) is 15.8. The van der Waals surface area contributed by atoms with Gasteiger partial charge in [0.15, 0.2) is 0 Å². The number of carbonyl (C=O) groups is 2. The predicted molar refractivity (Wildman–Crippen MR) is 109 cm³/mol. The second-order valence-corrected chi connectivity index (χ2v) is 6.98. The fourth-order valence-electron chi connectivity index (χ4n) is 3.79. The number of rotatable bonds is 3. The van der Waals surface area contributed by atoms with E-state index in [2.05, 4.69) is 15.0 Å². The number of imidazole rings is 1. The van der Waals surface area contributed by atoms with Gasteiger partial charge in [-0.15, -0.1) is 0 Å². The van der Waals surface area contributed by atoms with Crippen molar-refractivity contribution in [1.82, 2.24) is 15.0 Å². The number of carbonyl (C=O) groups excluding carboxylic acids is 2. The summed E-state index contributed by atoms with van der Waals surface area (Å²) in [6.07, 6.45) is 3.83. The molecule has 2 amide bonds. The third-order valence-corrected chi connectivity index (χ3v) is 5.21. The summed E-state index contributed by atoms with van der Waals surface area (Å²) in [6.45, 7) is 0. The molecule has 142 valence electrons. The van der Waals surface area contributed by atoms with Crippen LogP contribution >= 0.6 is 0 Å². The molecule has 1 aliphatic heterocycles. The number of H-pyrrole nitrogens is 1. The maximum atomic E-state index is 13.3. The second-order valence-electron chi connectivity index (χ2n) is 6.98. The number of nitrogens with zero attached hydrogens (tertiary/aromatic N) is 3. The third kappa shape index (κ3) is 2.84. The zero-order valence-corrected chi connectivity index (χ0v) is 15.4. The first-order valence-corrected chi connectivity index (χ1v) is 9.23. The molecular weight excluding hydrogens is 366 g/mol. The molecule has 4 aromatic rings. The maximum Gasteiger partial charge on any atom is 0.259 e. The summed E-state index contributed by atoms with van der Waals surface area (Å²) in [5, 5.41) is 0. The van der Waals surface area contributed by atoms with Gasteiger partial charge in [-0.25, -0.2) is 4.98 Å². The van der Waals surface area contributed by atoms with E-state index in [0.717, 1.165) is 27.8 Å². The topological polar surface area (TPSA) is 105 Å². The molecule has 0 spiro atoms. The van der Waals surface area contributed by atoms with E-state index in [1.165, 1.54) is 4.90 Å². The van der Waals surface area contributed by atoms with E-state index in [9.17, 15) is 9.59 Å². The lowest BCUT2D eigenvalue weighted by molar-refractivity contribution is -0.119. The lowest BCUT2D eigenvalue weighted by atomic mass is 10.1. The van der Waals surface area contributed by atoms with Crippen molar-refractivity contribution in [3.8, 4) is 11.4 Å². The lowest BCUT2D eigenvalue weighted by Gasteiger charge is -2.23. The van der Waals surface area contributed by atoms with Crippen molar-refractivity contribution in [2.24, 2.45) is 5.73 Å². The standard InChI is InChI=1S/C22H17N5O2/c23-20(28)19-12-14-3-1-2-4-18(14)27(19)22(29)15-5-6-16-17(11-15)26-21(25-16)13-7-9-24-10-8-13/h1-11,19H,12H2,(H2,23,28)(H,25,26)/t19-/m0/s1. The highest BCUT2D eigenvalue weighted by Crippen LogP contribution is 2.33. The fraction of sp³-hybridized carbons (Fsp3) is 0.0909. The zero-order chi connectivity index (χ0) is 20.0. The summed E-state index contributed by atoms with van der Waals surface area (Å²) in [5.74, 6) is -0.0774. The van der Waals surface area contributed by atoms with Crippen molar-refractivity contribution in [3.05, 3.63) is 78.1 Å². The average molecular weight is 383 g/mol. The lowest BCUT2D eigenvalue weighted by Crippen LogP contribution is -2.46. The number of nitrogens with one attached hydrogen (secondary N) is 1. The number of primary amides is 1. The van der Waals surface area contributed by atoms with E-state index in [1.54, 1.807) is 30.6 Å². The van der Waals surface area contributed by atoms with Crippen molar-refractivity contribution in [1.29, 1.82) is 0 Å². The van der Waals surface area contributed by atoms with E-state index in [1.807, 2.05) is 36.4 Å². The summed E-state index contributed by atoms with van der Waals surface area (Å²) in [7, 11) is 0. The third-order valence-electron chi connectivity index (χ3n) is 5.21. The van der Waals surface area contributed by atoms with Crippen LogP contribution in [0.2, 0.25) is 0 Å². The summed E-state index contributed by atoms with van der Waals surface area (Å²) in [4.78, 5) is 38.7. The van der Waals surface area contributed by atoms with Gasteiger partial charge in [-0.3, -0.25) is 19.5 Å². The van der Waals surface area contributed by atoms with Crippen molar-refractivity contribution >= 4 is 28.5 Å². The number of nitrogens with two attached hydrogens (primary N) is 1. The van der Waals surface area contributed by atoms with Crippen LogP contribution in [0.25, 0.3) is 22.4 Å². The molecule has 0 saturated carbocycles. The molecular formula is C22H17N5O2. The largest absolute Gasteiger partial charge is 0.368 e. The van der Waals surface area contributed by atoms with Crippen LogP contribution in [0.3, 0.4) is 0 Å². The van der Waals surface area contributed by atoms with Crippen molar-refractivity contribution in [3.63, 3.8) is 0 Å². The summed E-state index contributed by atoms with van der Waals surface area (Å²) in [5.41, 5.74) is 10.1. The average Bonchev–Trinajstić information content (AvgIpc) is 3.35. The van der Waals surface area contributed by atoms with Crippen molar-refractivity contribution in [2.45, 2.75) is 12.5 Å². The SMILES string of the molecule is NC(=O)[C@@H]1Cc2ccccc2N1C(=O)c1ccc2nc(-c3ccncc3)[nH]c2c1. The van der Waals surface area contributed by atoms with E-state index in [0.29, 0.717) is 17.8 Å². The molecule has 0 unspecified atom stereocenters. The van der Waals surface area contributed by atoms with Gasteiger partial charge in [0.2, 0.25) is 5.91 Å². The highest BCUT2D eigenvalue weighted by molar-refractivity contribution is 6.12. The van der Waals surface area contributed by atoms with Crippen LogP contribution in [-0.4, -0.2) is 32.8 Å². The normalized spacial score (nSPS) is 15.4. The van der Waals surface area contributed by atoms with Crippen LogP contribution in [0.1, 0.15) is 15.9 Å². The molecule has 29 heavy (non-hydrogen) atoms. The Labute approximate surface area is 166 Å². The van der Waals surface area contributed by atoms with Gasteiger partial charge < -0.3 is 10.7 Å². The van der Waals surface area contributed by atoms with Gasteiger partial charge in [0.25, 0.3) is 5.91 Å². The van der Waals surface area contributed by atoms with Crippen LogP contribution in [-0.2, 0) is 11.2 Å². The van der Waals surface area contributed by atoms with Gasteiger partial charge in [-0.1, -0.05) is 18.2 Å². The number of fused-ring (bicyclic) bond motifs is 2. The Kier molecular flexibility index (Phi) is 3.87. The molecule has 3 heterocycles. The van der Waals surface area contributed by atoms with Gasteiger partial charge in [-0.2, -0.15) is 0 Å². The maximum absolute atomic E-state index is 13.3. The highest BCUT2D eigenvalue weighted by atomic mass is 16.2. The van der Waals surface area contributed by atoms with E-state index in [-0.39, 0.29) is 5.91 Å². The molecule has 1 aliphatic rings. The minimum absolute atomic E-state index is 0.263. The van der Waals surface area contributed by atoms with Crippen molar-refractivity contribution < 1.29 is 9.59 Å². The number of amides is 2. The molecule has 7 nitrogen and oxygen atoms in total. The van der Waals surface area contributed by atoms with Gasteiger partial charge in [0.1, 0.15) is 11.9 Å². The molecule has 1 atom stereocenters. The molecule has 0 aliphatic carbocycles. The summed E-state index contributed by atoms with van der Waals surface area (Å²) >= 11 is 0. The summed E-state index contributed by atoms with van der Waals surface area (Å²) < 4.78 is 0. The molecule has 2 aromatic heterocycles. The first-order chi connectivity index (χ1) is 14.1. The van der Waals surface area contributed by atoms with Crippen molar-refractivity contribution in [2.75, 3.05) is 4.90 Å². The van der Waals surface area contributed by atoms with E-state index >= 15 is 0 Å². The van der Waals surface area contributed by atoms with Gasteiger partial charge in [-0.05, 0) is 42.0 Å². The first-order valence-electron chi connectivity index (χ1n) is 9.23. The second kappa shape index (κ2) is 6.56. The Morgan fingerprint density at radius 3 is 2.66 bits per heavy atom. The molecule has 3 N–H and O–H groups in total. The fourth-order valence-corrected chi connectivity index (χ4v) is 3.79. The van der Waals surface area contributed by atoms with Gasteiger partial charge >= 0.3 is 0 Å². The number of hydrogen-bond donors (Lipinski definition) is 2. The minimum atomic E-state index is -0.690. The first kappa shape index (κ1) is 17.1. The number of hydrogen-bond acceptors (Lipinski definition) is 4. The molecule has 2 aromatic carbocycles. The van der Waals surface area contributed by atoms with E-state index < -0.39 is 11.9 Å². The number of aromatic amines is 1. The molecule has 0 fully saturated rings. The molecule has 0 saturated heterocycles. The molecule has 0 radical (unpaired) electrons. The van der Waals surface area contributed by atoms with Crippen LogP contribution in [0.15, 0.2) is 67.0 Å². The zero-order valence-electron chi connectivity index (χ0n) is 15.4. The van der Waals surface area contributed by atoms with Gasteiger partial charge in [0, 0.05) is 35.6 Å². The molecule has 0 bridgehead atoms. The number of benzene rings is 2. The number of pyridine rings is 1. The highest BCUT2D eigenvalue weighted by Gasteiger charge is 2.37. The quantitative estimate of drug-likeness (QED) is 0.567. The number of anilines is 1. The number of para-hydroxylation sites is 1. The van der Waals surface area contributed by atoms with Crippen LogP contribution < -0.4 is 10.6 Å².